The molecule has 0 atom stereocenters. The summed E-state index contributed by atoms with van der Waals surface area (Å²) in [6.45, 7) is 8.24. The third-order valence-electron chi connectivity index (χ3n) is 6.31. The minimum absolute atomic E-state index is 0.177. The van der Waals surface area contributed by atoms with Crippen molar-refractivity contribution in [1.82, 2.24) is 0 Å². The fourth-order valence-corrected chi connectivity index (χ4v) is 4.03. The number of aliphatic imine (C=N–C) groups is 1. The van der Waals surface area contributed by atoms with Gasteiger partial charge in [-0.3, -0.25) is 4.79 Å². The number of carbonyl (C=O) groups is 1. The maximum Gasteiger partial charge on any atom is 0.279 e. The van der Waals surface area contributed by atoms with Crippen LogP contribution < -0.4 is 19.9 Å². The van der Waals surface area contributed by atoms with Crippen LogP contribution in [0.3, 0.4) is 0 Å². The van der Waals surface area contributed by atoms with Gasteiger partial charge in [-0.2, -0.15) is 4.99 Å². The van der Waals surface area contributed by atoms with Gasteiger partial charge >= 0.3 is 0 Å². The summed E-state index contributed by atoms with van der Waals surface area (Å²) in [6.07, 6.45) is 13.1. The molecule has 0 aromatic heterocycles. The minimum Gasteiger partial charge on any atom is -0.490 e. The molecular formula is C32H48N2O4. The molecule has 0 heterocycles. The van der Waals surface area contributed by atoms with E-state index in [0.29, 0.717) is 48.2 Å². The molecular weight excluding hydrogens is 476 g/mol. The van der Waals surface area contributed by atoms with Crippen LogP contribution >= 0.6 is 0 Å². The molecule has 0 spiro atoms. The van der Waals surface area contributed by atoms with E-state index >= 15 is 0 Å². The first-order valence-electron chi connectivity index (χ1n) is 14.6. The summed E-state index contributed by atoms with van der Waals surface area (Å²) < 4.78 is 18.6. The second-order valence-corrected chi connectivity index (χ2v) is 9.70. The summed E-state index contributed by atoms with van der Waals surface area (Å²) in [5, 5.41) is 0. The van der Waals surface area contributed by atoms with Crippen LogP contribution in [0.1, 0.15) is 114 Å². The fourth-order valence-electron chi connectivity index (χ4n) is 4.03. The van der Waals surface area contributed by atoms with Crippen LogP contribution in [0.15, 0.2) is 47.5 Å². The summed E-state index contributed by atoms with van der Waals surface area (Å²) in [7, 11) is 0. The van der Waals surface area contributed by atoms with Gasteiger partial charge in [-0.15, -0.1) is 0 Å². The van der Waals surface area contributed by atoms with Crippen LogP contribution in [0.4, 0.5) is 0 Å². The van der Waals surface area contributed by atoms with E-state index in [4.69, 9.17) is 19.9 Å². The number of amidine groups is 1. The van der Waals surface area contributed by atoms with Gasteiger partial charge in [-0.25, -0.2) is 0 Å². The van der Waals surface area contributed by atoms with Crippen LogP contribution in [0.2, 0.25) is 0 Å². The van der Waals surface area contributed by atoms with E-state index < -0.39 is 5.91 Å². The molecule has 0 unspecified atom stereocenters. The number of hydrogen-bond acceptors (Lipinski definition) is 4. The van der Waals surface area contributed by atoms with Crippen molar-refractivity contribution in [2.75, 3.05) is 19.8 Å². The topological polar surface area (TPSA) is 83.1 Å². The summed E-state index contributed by atoms with van der Waals surface area (Å²) in [5.41, 5.74) is 7.21. The van der Waals surface area contributed by atoms with E-state index in [-0.39, 0.29) is 5.84 Å². The van der Waals surface area contributed by atoms with Crippen LogP contribution in [0.25, 0.3) is 0 Å². The Bertz CT molecular complexity index is 924. The molecule has 38 heavy (non-hydrogen) atoms. The summed E-state index contributed by atoms with van der Waals surface area (Å²) in [4.78, 5) is 17.4. The molecule has 0 aliphatic carbocycles. The number of amides is 1. The van der Waals surface area contributed by atoms with Crippen molar-refractivity contribution in [2.45, 2.75) is 97.8 Å². The molecule has 1 amide bonds. The lowest BCUT2D eigenvalue weighted by atomic mass is 10.1. The number of rotatable bonds is 20. The maximum atomic E-state index is 13.2. The van der Waals surface area contributed by atoms with Crippen LogP contribution in [-0.4, -0.2) is 31.6 Å². The highest BCUT2D eigenvalue weighted by Crippen LogP contribution is 2.40. The largest absolute Gasteiger partial charge is 0.490 e. The van der Waals surface area contributed by atoms with Gasteiger partial charge in [-0.05, 0) is 31.4 Å². The number of hydrogen-bond donors (Lipinski definition) is 1. The van der Waals surface area contributed by atoms with Crippen LogP contribution in [0.5, 0.6) is 17.2 Å². The molecule has 0 bridgehead atoms. The average Bonchev–Trinajstić information content (AvgIpc) is 2.93. The Kier molecular flexibility index (Phi) is 15.7. The van der Waals surface area contributed by atoms with Gasteiger partial charge in [-0.1, -0.05) is 109 Å². The highest BCUT2D eigenvalue weighted by atomic mass is 16.5. The lowest BCUT2D eigenvalue weighted by molar-refractivity contribution is 0.100. The first-order chi connectivity index (χ1) is 18.6. The van der Waals surface area contributed by atoms with Gasteiger partial charge in [0.25, 0.3) is 5.91 Å². The Labute approximate surface area is 230 Å². The Morgan fingerprint density at radius 1 is 0.658 bits per heavy atom. The molecule has 2 N–H and O–H groups in total. The van der Waals surface area contributed by atoms with Crippen molar-refractivity contribution < 1.29 is 19.0 Å². The Morgan fingerprint density at radius 2 is 1.13 bits per heavy atom. The summed E-state index contributed by atoms with van der Waals surface area (Å²) in [5.74, 6) is 1.37. The van der Waals surface area contributed by atoms with Gasteiger partial charge in [0.15, 0.2) is 11.5 Å². The van der Waals surface area contributed by atoms with Crippen molar-refractivity contribution in [3.8, 4) is 17.2 Å². The third kappa shape index (κ3) is 11.6. The van der Waals surface area contributed by atoms with E-state index in [1.165, 1.54) is 25.7 Å². The summed E-state index contributed by atoms with van der Waals surface area (Å²) >= 11 is 0. The smallest absolute Gasteiger partial charge is 0.279 e. The van der Waals surface area contributed by atoms with Crippen molar-refractivity contribution in [2.24, 2.45) is 10.7 Å². The first kappa shape index (κ1) is 31.2. The summed E-state index contributed by atoms with van der Waals surface area (Å²) in [6, 6.07) is 12.7. The molecule has 2 rings (SSSR count). The molecule has 6 nitrogen and oxygen atoms in total. The lowest BCUT2D eigenvalue weighted by Crippen LogP contribution is -2.16. The van der Waals surface area contributed by atoms with Gasteiger partial charge in [0, 0.05) is 11.1 Å². The van der Waals surface area contributed by atoms with Gasteiger partial charge in [0.2, 0.25) is 5.75 Å². The zero-order valence-electron chi connectivity index (χ0n) is 23.8. The molecule has 0 saturated heterocycles. The highest BCUT2D eigenvalue weighted by Gasteiger charge is 2.19. The number of nitrogens with zero attached hydrogens (tertiary/aromatic N) is 1. The zero-order chi connectivity index (χ0) is 27.4. The average molecular weight is 525 g/mol. The molecule has 2 aromatic carbocycles. The van der Waals surface area contributed by atoms with E-state index in [2.05, 4.69) is 25.8 Å². The number of carbonyl (C=O) groups excluding carboxylic acids is 1. The van der Waals surface area contributed by atoms with Crippen molar-refractivity contribution in [3.05, 3.63) is 53.6 Å². The first-order valence-corrected chi connectivity index (χ1v) is 14.6. The quantitative estimate of drug-likeness (QED) is 0.107. The molecule has 0 aliphatic rings. The van der Waals surface area contributed by atoms with E-state index in [1.807, 2.05) is 30.3 Å². The van der Waals surface area contributed by atoms with E-state index in [0.717, 1.165) is 51.4 Å². The Balaban J connectivity index is 2.32. The third-order valence-corrected chi connectivity index (χ3v) is 6.31. The van der Waals surface area contributed by atoms with Crippen LogP contribution in [-0.2, 0) is 0 Å². The predicted molar refractivity (Wildman–Crippen MR) is 157 cm³/mol. The lowest BCUT2D eigenvalue weighted by Gasteiger charge is -2.18. The van der Waals surface area contributed by atoms with Gasteiger partial charge < -0.3 is 19.9 Å². The molecule has 2 aromatic rings. The predicted octanol–water partition coefficient (Wildman–Crippen LogP) is 8.11. The highest BCUT2D eigenvalue weighted by molar-refractivity contribution is 6.09. The maximum absolute atomic E-state index is 13.2. The van der Waals surface area contributed by atoms with Gasteiger partial charge in [0.05, 0.1) is 19.8 Å². The fraction of sp³-hybridized carbons (Fsp3) is 0.562. The molecule has 0 radical (unpaired) electrons. The Hall–Kier alpha value is -3.02. The molecule has 6 heteroatoms. The molecule has 0 aliphatic heterocycles. The van der Waals surface area contributed by atoms with Crippen molar-refractivity contribution in [1.29, 1.82) is 0 Å². The molecule has 0 fully saturated rings. The van der Waals surface area contributed by atoms with Crippen molar-refractivity contribution >= 4 is 11.7 Å². The second kappa shape index (κ2) is 19.1. The Morgan fingerprint density at radius 3 is 1.61 bits per heavy atom. The van der Waals surface area contributed by atoms with E-state index in [9.17, 15) is 4.79 Å². The van der Waals surface area contributed by atoms with Crippen LogP contribution in [0, 0.1) is 0 Å². The number of nitrogens with two attached hydrogens (primary N) is 1. The standard InChI is InChI=1S/C32H48N2O4/c1-4-7-10-16-21-36-28-24-27(32(35)34-31(33)26-19-14-13-15-20-26)25-29(37-22-17-11-8-5-2)30(28)38-23-18-12-9-6-3/h13-15,19-20,24-25H,4-12,16-18,21-23H2,1-3H3,(H2,33,34,35). The molecule has 0 saturated carbocycles. The van der Waals surface area contributed by atoms with Gasteiger partial charge in [0.1, 0.15) is 5.84 Å². The number of benzene rings is 2. The van der Waals surface area contributed by atoms with E-state index in [1.54, 1.807) is 12.1 Å². The number of unbranched alkanes of at least 4 members (excludes halogenated alkanes) is 9. The second-order valence-electron chi connectivity index (χ2n) is 9.70. The monoisotopic (exact) mass is 524 g/mol. The number of ether oxygens (including phenoxy) is 3. The minimum atomic E-state index is -0.437. The molecule has 210 valence electrons. The normalized spacial score (nSPS) is 11.4. The van der Waals surface area contributed by atoms with Crippen molar-refractivity contribution in [3.63, 3.8) is 0 Å². The SMILES string of the molecule is CCCCCCOc1cc(C(=O)N=C(N)c2ccccc2)cc(OCCCCCC)c1OCCCCCC. The zero-order valence-corrected chi connectivity index (χ0v) is 23.8.